The Kier molecular flexibility index (Phi) is 11.6. The molecule has 0 amide bonds. The highest BCUT2D eigenvalue weighted by atomic mass is 32.2. The van der Waals surface area contributed by atoms with Crippen LogP contribution in [0.4, 0.5) is 0 Å². The van der Waals surface area contributed by atoms with Gasteiger partial charge in [0, 0.05) is 12.5 Å². The van der Waals surface area contributed by atoms with Crippen LogP contribution in [0, 0.1) is 0 Å². The topological polar surface area (TPSA) is 94.1 Å². The Bertz CT molecular complexity index is 626. The van der Waals surface area contributed by atoms with Gasteiger partial charge >= 0.3 is 8.80 Å². The van der Waals surface area contributed by atoms with Crippen molar-refractivity contribution in [2.75, 3.05) is 58.8 Å². The maximum Gasteiger partial charge on any atom is 0.501 e. The van der Waals surface area contributed by atoms with Crippen LogP contribution in [0.15, 0.2) is 0 Å². The minimum Gasteiger partial charge on any atom is -0.371 e. The second-order valence-electron chi connectivity index (χ2n) is 10.1. The lowest BCUT2D eigenvalue weighted by molar-refractivity contribution is -0.910. The first-order chi connectivity index (χ1) is 15.2. The highest BCUT2D eigenvalue weighted by Gasteiger charge is 2.56. The molecule has 1 unspecified atom stereocenters. The van der Waals surface area contributed by atoms with Gasteiger partial charge in [-0.3, -0.25) is 4.55 Å². The molecule has 0 spiro atoms. The van der Waals surface area contributed by atoms with Gasteiger partial charge in [-0.05, 0) is 38.6 Å². The maximum atomic E-state index is 10.9. The zero-order valence-corrected chi connectivity index (χ0v) is 22.4. The number of fused-ring (bicyclic) bond motifs is 3. The van der Waals surface area contributed by atoms with Crippen LogP contribution < -0.4 is 5.32 Å². The van der Waals surface area contributed by atoms with Crippen molar-refractivity contribution in [2.24, 2.45) is 0 Å². The third-order valence-corrected chi connectivity index (χ3v) is 10.3. The molecule has 2 bridgehead atoms. The molecule has 190 valence electrons. The number of hydrogen-bond acceptors (Lipinski definition) is 6. The van der Waals surface area contributed by atoms with Crippen LogP contribution in [0.5, 0.6) is 0 Å². The third-order valence-electron chi connectivity index (χ3n) is 6.82. The Balaban J connectivity index is 1.75. The Morgan fingerprint density at radius 3 is 1.97 bits per heavy atom. The van der Waals surface area contributed by atoms with E-state index < -0.39 is 24.5 Å². The summed E-state index contributed by atoms with van der Waals surface area (Å²) in [7, 11) is -4.09. The summed E-state index contributed by atoms with van der Waals surface area (Å²) in [5, 5.41) is 3.32. The SMILES string of the molecule is CCCCCC[N+](C)(CCCCC)CCC[Si]12OCC(NCCCS(=O)(=O)O)(CO1)CO2. The van der Waals surface area contributed by atoms with E-state index in [9.17, 15) is 8.42 Å². The van der Waals surface area contributed by atoms with Gasteiger partial charge in [0.15, 0.2) is 0 Å². The number of unbranched alkanes of at least 4 members (excludes halogenated alkanes) is 5. The smallest absolute Gasteiger partial charge is 0.371 e. The Labute approximate surface area is 197 Å². The molecule has 8 nitrogen and oxygen atoms in total. The van der Waals surface area contributed by atoms with Crippen molar-refractivity contribution in [1.29, 1.82) is 0 Å². The van der Waals surface area contributed by atoms with E-state index in [0.29, 0.717) is 32.8 Å². The molecule has 2 N–H and O–H groups in total. The summed E-state index contributed by atoms with van der Waals surface area (Å²) < 4.78 is 50.2. The van der Waals surface area contributed by atoms with Gasteiger partial charge in [0.25, 0.3) is 10.1 Å². The predicted molar refractivity (Wildman–Crippen MR) is 129 cm³/mol. The van der Waals surface area contributed by atoms with E-state index in [1.54, 1.807) is 0 Å². The van der Waals surface area contributed by atoms with Crippen LogP contribution in [0.2, 0.25) is 6.04 Å². The highest BCUT2D eigenvalue weighted by Crippen LogP contribution is 2.33. The first-order valence-electron chi connectivity index (χ1n) is 12.6. The second kappa shape index (κ2) is 13.1. The molecule has 0 radical (unpaired) electrons. The van der Waals surface area contributed by atoms with Crippen molar-refractivity contribution < 1.29 is 30.7 Å². The van der Waals surface area contributed by atoms with E-state index in [4.69, 9.17) is 17.8 Å². The van der Waals surface area contributed by atoms with Crippen molar-refractivity contribution in [3.05, 3.63) is 0 Å². The number of nitrogens with zero attached hydrogens (tertiary/aromatic N) is 1. The highest BCUT2D eigenvalue weighted by molar-refractivity contribution is 7.85. The van der Waals surface area contributed by atoms with E-state index in [-0.39, 0.29) is 5.75 Å². The first-order valence-corrected chi connectivity index (χ1v) is 16.2. The van der Waals surface area contributed by atoms with Gasteiger partial charge in [-0.2, -0.15) is 8.42 Å². The minimum atomic E-state index is -3.92. The van der Waals surface area contributed by atoms with Gasteiger partial charge in [0.1, 0.15) is 0 Å². The molecule has 3 aliphatic heterocycles. The van der Waals surface area contributed by atoms with E-state index >= 15 is 0 Å². The van der Waals surface area contributed by atoms with Gasteiger partial charge in [-0.15, -0.1) is 0 Å². The fraction of sp³-hybridized carbons (Fsp3) is 1.00. The van der Waals surface area contributed by atoms with Crippen molar-refractivity contribution in [1.82, 2.24) is 5.32 Å². The van der Waals surface area contributed by atoms with Crippen molar-refractivity contribution in [2.45, 2.75) is 83.2 Å². The monoisotopic (exact) mass is 495 g/mol. The molecule has 3 rings (SSSR count). The molecule has 0 saturated carbocycles. The minimum absolute atomic E-state index is 0.245. The van der Waals surface area contributed by atoms with Crippen LogP contribution in [0.1, 0.15) is 71.6 Å². The summed E-state index contributed by atoms with van der Waals surface area (Å²) in [5.41, 5.74) is -0.405. The van der Waals surface area contributed by atoms with Gasteiger partial charge in [-0.25, -0.2) is 0 Å². The molecule has 3 saturated heterocycles. The Morgan fingerprint density at radius 1 is 0.875 bits per heavy atom. The molecule has 0 aromatic carbocycles. The standard InChI is InChI=1S/C22H46N2O6SSi/c1-4-6-8-10-15-24(3,14-9-7-5-2)16-12-18-32-28-19-22(20-29-32,21-30-32)23-13-11-17-31(25,26)27/h23H,4-21H2,1-3H3/p+1. The first kappa shape index (κ1) is 28.2. The molecular formula is C22H47N2O6SSi+. The van der Waals surface area contributed by atoms with Crippen molar-refractivity contribution in [3.63, 3.8) is 0 Å². The quantitative estimate of drug-likeness (QED) is 0.130. The number of nitrogens with one attached hydrogen (secondary N) is 1. The van der Waals surface area contributed by atoms with E-state index in [2.05, 4.69) is 26.2 Å². The molecule has 0 aliphatic carbocycles. The normalized spacial score (nSPS) is 27.5. The summed E-state index contributed by atoms with van der Waals surface area (Å²) in [6.07, 6.45) is 10.5. The molecule has 0 aromatic rings. The Hall–Kier alpha value is -0.0731. The summed E-state index contributed by atoms with van der Waals surface area (Å²) in [6.45, 7) is 10.3. The molecular weight excluding hydrogens is 448 g/mol. The molecule has 3 fully saturated rings. The van der Waals surface area contributed by atoms with E-state index in [1.807, 2.05) is 0 Å². The van der Waals surface area contributed by atoms with Crippen LogP contribution in [0.25, 0.3) is 0 Å². The number of quaternary nitrogens is 1. The van der Waals surface area contributed by atoms with Gasteiger partial charge in [0.2, 0.25) is 0 Å². The van der Waals surface area contributed by atoms with Crippen molar-refractivity contribution >= 4 is 18.9 Å². The number of hydrogen-bond donors (Lipinski definition) is 2. The zero-order chi connectivity index (χ0) is 23.6. The van der Waals surface area contributed by atoms with Gasteiger partial charge in [0.05, 0.1) is 57.8 Å². The van der Waals surface area contributed by atoms with Crippen LogP contribution in [0.3, 0.4) is 0 Å². The fourth-order valence-electron chi connectivity index (χ4n) is 4.65. The fourth-order valence-corrected chi connectivity index (χ4v) is 7.92. The summed E-state index contributed by atoms with van der Waals surface area (Å²) in [4.78, 5) is 0. The molecule has 0 aromatic heterocycles. The molecule has 32 heavy (non-hydrogen) atoms. The van der Waals surface area contributed by atoms with Crippen LogP contribution in [-0.4, -0.2) is 90.6 Å². The molecule has 3 heterocycles. The van der Waals surface area contributed by atoms with E-state index in [0.717, 1.165) is 23.5 Å². The summed E-state index contributed by atoms with van der Waals surface area (Å²) in [6, 6.07) is 0.864. The van der Waals surface area contributed by atoms with E-state index in [1.165, 1.54) is 58.0 Å². The largest absolute Gasteiger partial charge is 0.501 e. The maximum absolute atomic E-state index is 10.9. The van der Waals surface area contributed by atoms with Crippen LogP contribution in [-0.2, 0) is 23.4 Å². The van der Waals surface area contributed by atoms with Crippen molar-refractivity contribution in [3.8, 4) is 0 Å². The molecule has 3 aliphatic rings. The van der Waals surface area contributed by atoms with Gasteiger partial charge in [-0.1, -0.05) is 33.1 Å². The lowest BCUT2D eigenvalue weighted by atomic mass is 10.0. The average Bonchev–Trinajstić information content (AvgIpc) is 2.75. The number of rotatable bonds is 18. The molecule has 10 heteroatoms. The summed E-state index contributed by atoms with van der Waals surface area (Å²) in [5.74, 6) is -0.245. The summed E-state index contributed by atoms with van der Waals surface area (Å²) >= 11 is 0. The Morgan fingerprint density at radius 2 is 1.41 bits per heavy atom. The zero-order valence-electron chi connectivity index (χ0n) is 20.6. The second-order valence-corrected chi connectivity index (χ2v) is 14.4. The van der Waals surface area contributed by atoms with Crippen LogP contribution >= 0.6 is 0 Å². The van der Waals surface area contributed by atoms with Gasteiger partial charge < -0.3 is 23.1 Å². The molecule has 1 atom stereocenters. The lowest BCUT2D eigenvalue weighted by Gasteiger charge is -2.50. The third kappa shape index (κ3) is 9.66. The predicted octanol–water partition coefficient (Wildman–Crippen LogP) is 3.22. The lowest BCUT2D eigenvalue weighted by Crippen LogP contribution is -2.72. The average molecular weight is 496 g/mol.